The van der Waals surface area contributed by atoms with Gasteiger partial charge in [0.05, 0.1) is 15.9 Å². The number of nitrogens with zero attached hydrogens (tertiary/aromatic N) is 2. The number of carbonyl (C=O) groups is 1. The lowest BCUT2D eigenvalue weighted by atomic mass is 10.2. The lowest BCUT2D eigenvalue weighted by Crippen LogP contribution is -2.11. The molecule has 0 bridgehead atoms. The molecule has 1 aromatic rings. The lowest BCUT2D eigenvalue weighted by molar-refractivity contribution is -0.394. The predicted molar refractivity (Wildman–Crippen MR) is 73.5 cm³/mol. The van der Waals surface area contributed by atoms with E-state index >= 15 is 0 Å². The van der Waals surface area contributed by atoms with Crippen LogP contribution in [-0.2, 0) is 4.74 Å². The van der Waals surface area contributed by atoms with E-state index in [4.69, 9.17) is 0 Å². The summed E-state index contributed by atoms with van der Waals surface area (Å²) in [5, 5.41) is 21.3. The molecule has 1 aromatic carbocycles. The van der Waals surface area contributed by atoms with Crippen molar-refractivity contribution >= 4 is 40.1 Å². The van der Waals surface area contributed by atoms with Crippen LogP contribution in [0.15, 0.2) is 18.2 Å². The van der Waals surface area contributed by atoms with Gasteiger partial charge in [-0.05, 0) is 9.99 Å². The highest BCUT2D eigenvalue weighted by Crippen LogP contribution is 2.31. The highest BCUT2D eigenvalue weighted by Gasteiger charge is 2.23. The molecule has 0 spiro atoms. The Morgan fingerprint density at radius 1 is 1.30 bits per heavy atom. The van der Waals surface area contributed by atoms with Gasteiger partial charge in [0.1, 0.15) is 0 Å². The van der Waals surface area contributed by atoms with Crippen LogP contribution < -0.4 is 4.74 Å². The summed E-state index contributed by atoms with van der Waals surface area (Å²) in [4.78, 5) is 30.8. The average molecular weight is 392 g/mol. The maximum Gasteiger partial charge on any atom is 0.515 e. The summed E-state index contributed by atoms with van der Waals surface area (Å²) in [6.45, 7) is -0.234. The third-order valence-corrected chi connectivity index (χ3v) is 2.25. The van der Waals surface area contributed by atoms with Crippen LogP contribution in [0.2, 0.25) is 0 Å². The molecule has 20 heavy (non-hydrogen) atoms. The Hall–Kier alpha value is -2.42. The SMILES string of the molecule is O=C(OCC#CI)Oc1ccc([N+](=O)[O-])cc1[N+](=O)[O-]. The summed E-state index contributed by atoms with van der Waals surface area (Å²) in [6, 6.07) is 2.61. The number of nitro benzene ring substituents is 2. The first-order valence-electron chi connectivity index (χ1n) is 4.81. The molecule has 0 atom stereocenters. The van der Waals surface area contributed by atoms with Gasteiger partial charge in [-0.2, -0.15) is 0 Å². The van der Waals surface area contributed by atoms with Crippen molar-refractivity contribution in [2.75, 3.05) is 6.61 Å². The van der Waals surface area contributed by atoms with Crippen molar-refractivity contribution in [2.24, 2.45) is 0 Å². The largest absolute Gasteiger partial charge is 0.515 e. The lowest BCUT2D eigenvalue weighted by Gasteiger charge is -2.04. The van der Waals surface area contributed by atoms with Crippen LogP contribution >= 0.6 is 22.6 Å². The second kappa shape index (κ2) is 7.24. The van der Waals surface area contributed by atoms with Gasteiger partial charge in [0, 0.05) is 28.7 Å². The van der Waals surface area contributed by atoms with Crippen LogP contribution in [0.4, 0.5) is 16.2 Å². The number of hydrogen-bond donors (Lipinski definition) is 0. The third-order valence-electron chi connectivity index (χ3n) is 1.87. The van der Waals surface area contributed by atoms with E-state index in [1.165, 1.54) is 0 Å². The Morgan fingerprint density at radius 2 is 2.00 bits per heavy atom. The maximum absolute atomic E-state index is 11.2. The number of ether oxygens (including phenoxy) is 2. The number of hydrogen-bond acceptors (Lipinski definition) is 7. The van der Waals surface area contributed by atoms with Crippen LogP contribution in [0.1, 0.15) is 0 Å². The second-order valence-electron chi connectivity index (χ2n) is 3.08. The van der Waals surface area contributed by atoms with Gasteiger partial charge in [-0.1, -0.05) is 5.92 Å². The topological polar surface area (TPSA) is 122 Å². The Morgan fingerprint density at radius 3 is 2.55 bits per heavy atom. The fourth-order valence-corrected chi connectivity index (χ4v) is 1.25. The zero-order valence-corrected chi connectivity index (χ0v) is 11.7. The zero-order valence-electron chi connectivity index (χ0n) is 9.57. The zero-order chi connectivity index (χ0) is 15.1. The predicted octanol–water partition coefficient (Wildman–Crippen LogP) is 2.41. The number of rotatable bonds is 4. The highest BCUT2D eigenvalue weighted by molar-refractivity contribution is 14.1. The minimum Gasteiger partial charge on any atom is -0.421 e. The summed E-state index contributed by atoms with van der Waals surface area (Å²) in [7, 11) is 0. The van der Waals surface area contributed by atoms with Gasteiger partial charge >= 0.3 is 11.8 Å². The van der Waals surface area contributed by atoms with Crippen molar-refractivity contribution < 1.29 is 24.1 Å². The second-order valence-corrected chi connectivity index (χ2v) is 3.62. The van der Waals surface area contributed by atoms with E-state index in [0.29, 0.717) is 6.07 Å². The molecule has 104 valence electrons. The first-order valence-corrected chi connectivity index (χ1v) is 5.89. The van der Waals surface area contributed by atoms with E-state index in [9.17, 15) is 25.0 Å². The third kappa shape index (κ3) is 4.35. The maximum atomic E-state index is 11.2. The summed E-state index contributed by atoms with van der Waals surface area (Å²) in [5.41, 5.74) is -1.20. The van der Waals surface area contributed by atoms with Crippen molar-refractivity contribution in [2.45, 2.75) is 0 Å². The minimum absolute atomic E-state index is 0.234. The Kier molecular flexibility index (Phi) is 5.66. The molecule has 0 N–H and O–H groups in total. The van der Waals surface area contributed by atoms with Crippen LogP contribution in [0, 0.1) is 30.1 Å². The summed E-state index contributed by atoms with van der Waals surface area (Å²) in [5.74, 6) is 1.97. The van der Waals surface area contributed by atoms with Crippen molar-refractivity contribution in [3.63, 3.8) is 0 Å². The molecule has 0 saturated heterocycles. The monoisotopic (exact) mass is 392 g/mol. The summed E-state index contributed by atoms with van der Waals surface area (Å²) in [6.07, 6.45) is -1.19. The molecule has 0 aromatic heterocycles. The van der Waals surface area contributed by atoms with Crippen molar-refractivity contribution in [3.05, 3.63) is 38.4 Å². The summed E-state index contributed by atoms with van der Waals surface area (Å²) >= 11 is 1.74. The van der Waals surface area contributed by atoms with Crippen LogP contribution in [0.5, 0.6) is 5.75 Å². The van der Waals surface area contributed by atoms with E-state index in [1.54, 1.807) is 22.6 Å². The molecule has 10 heteroatoms. The molecule has 1 rings (SSSR count). The minimum atomic E-state index is -1.19. The fourth-order valence-electron chi connectivity index (χ4n) is 1.09. The molecule has 0 saturated carbocycles. The van der Waals surface area contributed by atoms with Gasteiger partial charge in [-0.15, -0.1) is 0 Å². The number of nitro groups is 2. The van der Waals surface area contributed by atoms with Crippen LogP contribution in [0.3, 0.4) is 0 Å². The molecule has 0 aliphatic rings. The molecule has 0 amide bonds. The molecule has 0 radical (unpaired) electrons. The fraction of sp³-hybridized carbons (Fsp3) is 0.100. The smallest absolute Gasteiger partial charge is 0.421 e. The average Bonchev–Trinajstić information content (AvgIpc) is 2.38. The van der Waals surface area contributed by atoms with Crippen LogP contribution in [-0.4, -0.2) is 22.6 Å². The van der Waals surface area contributed by atoms with Crippen LogP contribution in [0.25, 0.3) is 0 Å². The quantitative estimate of drug-likeness (QED) is 0.193. The van der Waals surface area contributed by atoms with E-state index < -0.39 is 33.1 Å². The van der Waals surface area contributed by atoms with Gasteiger partial charge in [0.2, 0.25) is 5.75 Å². The first-order chi connectivity index (χ1) is 9.45. The number of halogens is 1. The van der Waals surface area contributed by atoms with E-state index in [0.717, 1.165) is 12.1 Å². The first kappa shape index (κ1) is 15.6. The molecule has 0 unspecified atom stereocenters. The molecule has 0 aliphatic heterocycles. The molecule has 0 aliphatic carbocycles. The van der Waals surface area contributed by atoms with E-state index in [1.807, 2.05) is 0 Å². The highest BCUT2D eigenvalue weighted by atomic mass is 127. The molecular formula is C10H5IN2O7. The van der Waals surface area contributed by atoms with Gasteiger partial charge in [-0.3, -0.25) is 20.2 Å². The van der Waals surface area contributed by atoms with Crippen molar-refractivity contribution in [3.8, 4) is 15.6 Å². The molecule has 0 heterocycles. The molecular weight excluding hydrogens is 387 g/mol. The molecule has 0 fully saturated rings. The Balaban J connectivity index is 2.93. The van der Waals surface area contributed by atoms with Gasteiger partial charge in [0.25, 0.3) is 5.69 Å². The Labute approximate surface area is 125 Å². The van der Waals surface area contributed by atoms with E-state index in [-0.39, 0.29) is 6.61 Å². The number of non-ortho nitro benzene ring substituents is 1. The standard InChI is InChI=1S/C10H5IN2O7/c11-4-1-5-19-10(14)20-9-3-2-7(12(15)16)6-8(9)13(17)18/h2-3,6H,5H2. The van der Waals surface area contributed by atoms with Crippen molar-refractivity contribution in [1.29, 1.82) is 0 Å². The van der Waals surface area contributed by atoms with Gasteiger partial charge < -0.3 is 9.47 Å². The normalized spacial score (nSPS) is 9.05. The van der Waals surface area contributed by atoms with Gasteiger partial charge in [0.15, 0.2) is 6.61 Å². The van der Waals surface area contributed by atoms with Gasteiger partial charge in [-0.25, -0.2) is 4.79 Å². The Bertz CT molecular complexity index is 620. The van der Waals surface area contributed by atoms with Crippen molar-refractivity contribution in [1.82, 2.24) is 0 Å². The summed E-state index contributed by atoms with van der Waals surface area (Å²) < 4.78 is 11.5. The number of benzene rings is 1. The number of carbonyl (C=O) groups excluding carboxylic acids is 1. The van der Waals surface area contributed by atoms with E-state index in [2.05, 4.69) is 19.3 Å². The molecule has 9 nitrogen and oxygen atoms in total.